The molecule has 1 spiro atoms. The molecule has 1 aromatic heterocycles. The van der Waals surface area contributed by atoms with Crippen LogP contribution in [0.25, 0.3) is 10.2 Å². The van der Waals surface area contributed by atoms with Gasteiger partial charge in [-0.15, -0.1) is 11.3 Å². The number of hydrogen-bond acceptors (Lipinski definition) is 5. The summed E-state index contributed by atoms with van der Waals surface area (Å²) in [6.45, 7) is 4.47. The van der Waals surface area contributed by atoms with E-state index in [1.807, 2.05) is 34.9 Å². The van der Waals surface area contributed by atoms with E-state index in [0.717, 1.165) is 47.5 Å². The van der Waals surface area contributed by atoms with Crippen molar-refractivity contribution in [2.24, 2.45) is 0 Å². The van der Waals surface area contributed by atoms with E-state index in [1.165, 1.54) is 0 Å². The Morgan fingerprint density at radius 3 is 2.85 bits per heavy atom. The molecule has 1 unspecified atom stereocenters. The normalized spacial score (nSPS) is 23.0. The Morgan fingerprint density at radius 2 is 2.07 bits per heavy atom. The maximum atomic E-state index is 13.4. The Hall–Kier alpha value is -1.99. The molecule has 0 N–H and O–H groups in total. The number of ether oxygens (including phenoxy) is 1. The zero-order valence-corrected chi connectivity index (χ0v) is 16.7. The topological polar surface area (TPSA) is 62.7 Å². The standard InChI is InChI=1S/C20H25N3O3S/c1-14-21-16-6-5-15(13-17(16)27-14)18(24)23-10-4-8-20(23)7-3-9-22(19(20)25)11-12-26-2/h5-6,13H,3-4,7-12H2,1-2H3. The highest BCUT2D eigenvalue weighted by atomic mass is 32.1. The largest absolute Gasteiger partial charge is 0.383 e. The number of amides is 2. The lowest BCUT2D eigenvalue weighted by atomic mass is 9.85. The average Bonchev–Trinajstić information content (AvgIpc) is 3.25. The maximum absolute atomic E-state index is 13.4. The molecule has 7 heteroatoms. The van der Waals surface area contributed by atoms with Crippen molar-refractivity contribution in [3.8, 4) is 0 Å². The summed E-state index contributed by atoms with van der Waals surface area (Å²) in [7, 11) is 1.65. The van der Waals surface area contributed by atoms with Gasteiger partial charge < -0.3 is 14.5 Å². The number of rotatable bonds is 4. The highest BCUT2D eigenvalue weighted by Crippen LogP contribution is 2.39. The van der Waals surface area contributed by atoms with Gasteiger partial charge in [-0.3, -0.25) is 9.59 Å². The van der Waals surface area contributed by atoms with E-state index in [4.69, 9.17) is 4.74 Å². The molecular weight excluding hydrogens is 362 g/mol. The minimum absolute atomic E-state index is 0.0394. The molecule has 0 bridgehead atoms. The van der Waals surface area contributed by atoms with Crippen molar-refractivity contribution in [3.63, 3.8) is 0 Å². The fourth-order valence-electron chi connectivity index (χ4n) is 4.47. The van der Waals surface area contributed by atoms with Gasteiger partial charge in [-0.25, -0.2) is 4.98 Å². The molecule has 2 aromatic rings. The first kappa shape index (κ1) is 18.4. The number of piperidine rings is 1. The van der Waals surface area contributed by atoms with Crippen molar-refractivity contribution >= 4 is 33.4 Å². The minimum atomic E-state index is -0.679. The van der Waals surface area contributed by atoms with Gasteiger partial charge in [0.2, 0.25) is 5.91 Å². The Kier molecular flexibility index (Phi) is 4.90. The van der Waals surface area contributed by atoms with Crippen LogP contribution in [0.1, 0.15) is 41.0 Å². The number of nitrogens with zero attached hydrogens (tertiary/aromatic N) is 3. The van der Waals surface area contributed by atoms with Crippen LogP contribution in [0.5, 0.6) is 0 Å². The quantitative estimate of drug-likeness (QED) is 0.809. The van der Waals surface area contributed by atoms with E-state index >= 15 is 0 Å². The Labute approximate surface area is 163 Å². The van der Waals surface area contributed by atoms with Gasteiger partial charge in [0, 0.05) is 32.3 Å². The Balaban J connectivity index is 1.62. The van der Waals surface area contributed by atoms with Gasteiger partial charge in [0.1, 0.15) is 5.54 Å². The maximum Gasteiger partial charge on any atom is 0.254 e. The van der Waals surface area contributed by atoms with Crippen LogP contribution in [0.4, 0.5) is 0 Å². The fourth-order valence-corrected chi connectivity index (χ4v) is 5.33. The summed E-state index contributed by atoms with van der Waals surface area (Å²) < 4.78 is 6.17. The molecule has 0 saturated carbocycles. The minimum Gasteiger partial charge on any atom is -0.383 e. The summed E-state index contributed by atoms with van der Waals surface area (Å²) in [5.41, 5.74) is 0.890. The lowest BCUT2D eigenvalue weighted by Gasteiger charge is -2.44. The molecule has 27 heavy (non-hydrogen) atoms. The van der Waals surface area contributed by atoms with E-state index in [1.54, 1.807) is 18.4 Å². The number of aromatic nitrogens is 1. The molecule has 6 nitrogen and oxygen atoms in total. The van der Waals surface area contributed by atoms with Crippen LogP contribution in [-0.2, 0) is 9.53 Å². The van der Waals surface area contributed by atoms with Gasteiger partial charge >= 0.3 is 0 Å². The number of hydrogen-bond donors (Lipinski definition) is 0. The SMILES string of the molecule is COCCN1CCCC2(CCCN2C(=O)c2ccc3nc(C)sc3c2)C1=O. The molecule has 4 rings (SSSR count). The van der Waals surface area contributed by atoms with Gasteiger partial charge in [0.05, 0.1) is 21.8 Å². The Bertz CT molecular complexity index is 880. The van der Waals surface area contributed by atoms with Crippen molar-refractivity contribution < 1.29 is 14.3 Å². The van der Waals surface area contributed by atoms with Crippen LogP contribution in [0, 0.1) is 6.92 Å². The molecule has 2 amide bonds. The molecule has 2 aliphatic rings. The van der Waals surface area contributed by atoms with Gasteiger partial charge in [0.15, 0.2) is 0 Å². The highest BCUT2D eigenvalue weighted by Gasteiger charge is 2.52. The van der Waals surface area contributed by atoms with Gasteiger partial charge in [-0.2, -0.15) is 0 Å². The summed E-state index contributed by atoms with van der Waals surface area (Å²) in [5, 5.41) is 0.989. The summed E-state index contributed by atoms with van der Waals surface area (Å²) in [5.74, 6) is 0.0498. The zero-order valence-electron chi connectivity index (χ0n) is 15.9. The summed E-state index contributed by atoms with van der Waals surface area (Å²) in [6.07, 6.45) is 3.30. The number of aryl methyl sites for hydroxylation is 1. The number of thiazole rings is 1. The summed E-state index contributed by atoms with van der Waals surface area (Å²) in [4.78, 5) is 34.8. The lowest BCUT2D eigenvalue weighted by molar-refractivity contribution is -0.146. The van der Waals surface area contributed by atoms with E-state index in [-0.39, 0.29) is 11.8 Å². The molecule has 2 saturated heterocycles. The van der Waals surface area contributed by atoms with E-state index in [0.29, 0.717) is 25.3 Å². The highest BCUT2D eigenvalue weighted by molar-refractivity contribution is 7.18. The van der Waals surface area contributed by atoms with Crippen LogP contribution in [0.15, 0.2) is 18.2 Å². The number of methoxy groups -OCH3 is 1. The second kappa shape index (κ2) is 7.20. The molecule has 2 fully saturated rings. The number of benzene rings is 1. The van der Waals surface area contributed by atoms with Crippen molar-refractivity contribution in [1.82, 2.24) is 14.8 Å². The number of fused-ring (bicyclic) bond motifs is 1. The number of carbonyl (C=O) groups excluding carboxylic acids is 2. The van der Waals surface area contributed by atoms with Crippen LogP contribution in [-0.4, -0.2) is 65.5 Å². The molecular formula is C20H25N3O3S. The molecule has 0 aliphatic carbocycles. The first-order valence-electron chi connectivity index (χ1n) is 9.53. The second-order valence-electron chi connectivity index (χ2n) is 7.40. The van der Waals surface area contributed by atoms with Crippen molar-refractivity contribution in [2.45, 2.75) is 38.1 Å². The van der Waals surface area contributed by atoms with Crippen LogP contribution < -0.4 is 0 Å². The number of carbonyl (C=O) groups is 2. The fraction of sp³-hybridized carbons (Fsp3) is 0.550. The monoisotopic (exact) mass is 387 g/mol. The van der Waals surface area contributed by atoms with Crippen LogP contribution in [0.3, 0.4) is 0 Å². The molecule has 3 heterocycles. The first-order valence-corrected chi connectivity index (χ1v) is 10.3. The van der Waals surface area contributed by atoms with Crippen LogP contribution >= 0.6 is 11.3 Å². The zero-order chi connectivity index (χ0) is 19.0. The van der Waals surface area contributed by atoms with E-state index in [2.05, 4.69) is 4.98 Å². The smallest absolute Gasteiger partial charge is 0.254 e. The van der Waals surface area contributed by atoms with Crippen LogP contribution in [0.2, 0.25) is 0 Å². The predicted molar refractivity (Wildman–Crippen MR) is 105 cm³/mol. The third-order valence-electron chi connectivity index (χ3n) is 5.75. The summed E-state index contributed by atoms with van der Waals surface area (Å²) in [6, 6.07) is 5.67. The van der Waals surface area contributed by atoms with Crippen molar-refractivity contribution in [1.29, 1.82) is 0 Å². The van der Waals surface area contributed by atoms with Crippen molar-refractivity contribution in [3.05, 3.63) is 28.8 Å². The van der Waals surface area contributed by atoms with E-state index in [9.17, 15) is 9.59 Å². The van der Waals surface area contributed by atoms with Gasteiger partial charge in [-0.1, -0.05) is 0 Å². The second-order valence-corrected chi connectivity index (χ2v) is 8.63. The molecule has 1 aromatic carbocycles. The first-order chi connectivity index (χ1) is 13.0. The third kappa shape index (κ3) is 3.12. The molecule has 0 radical (unpaired) electrons. The predicted octanol–water partition coefficient (Wildman–Crippen LogP) is 2.85. The molecule has 2 aliphatic heterocycles. The lowest BCUT2D eigenvalue weighted by Crippen LogP contribution is -2.61. The molecule has 144 valence electrons. The Morgan fingerprint density at radius 1 is 1.30 bits per heavy atom. The number of likely N-dealkylation sites (tertiary alicyclic amines) is 2. The third-order valence-corrected chi connectivity index (χ3v) is 6.68. The van der Waals surface area contributed by atoms with Gasteiger partial charge in [0.25, 0.3) is 5.91 Å². The summed E-state index contributed by atoms with van der Waals surface area (Å²) >= 11 is 1.59. The van der Waals surface area contributed by atoms with Crippen molar-refractivity contribution in [2.75, 3.05) is 33.4 Å². The van der Waals surface area contributed by atoms with Gasteiger partial charge in [-0.05, 0) is 50.8 Å². The van der Waals surface area contributed by atoms with E-state index < -0.39 is 5.54 Å². The molecule has 1 atom stereocenters. The average molecular weight is 388 g/mol.